The number of aryl methyl sites for hydroxylation is 1. The summed E-state index contributed by atoms with van der Waals surface area (Å²) in [5, 5.41) is 11.1. The molecule has 21 heavy (non-hydrogen) atoms. The number of rotatable bonds is 4. The molecule has 0 aliphatic heterocycles. The Balaban J connectivity index is 2.48. The third-order valence-corrected chi connectivity index (χ3v) is 3.35. The summed E-state index contributed by atoms with van der Waals surface area (Å²) in [5.41, 5.74) is 0.989. The molecular formula is C15H12BrNO4. The number of hydrogen-bond acceptors (Lipinski definition) is 4. The van der Waals surface area contributed by atoms with E-state index in [0.717, 1.165) is 10.0 Å². The van der Waals surface area contributed by atoms with E-state index in [4.69, 9.17) is 4.74 Å². The van der Waals surface area contributed by atoms with E-state index in [0.29, 0.717) is 5.56 Å². The van der Waals surface area contributed by atoms with Crippen molar-refractivity contribution < 1.29 is 14.5 Å². The van der Waals surface area contributed by atoms with Crippen LogP contribution in [-0.4, -0.2) is 10.7 Å². The van der Waals surface area contributed by atoms with Gasteiger partial charge in [-0.1, -0.05) is 22.0 Å². The van der Waals surface area contributed by atoms with Crippen molar-refractivity contribution in [2.75, 3.05) is 0 Å². The summed E-state index contributed by atoms with van der Waals surface area (Å²) in [6.45, 7) is 3.18. The molecule has 5 nitrogen and oxygen atoms in total. The van der Waals surface area contributed by atoms with Gasteiger partial charge >= 0.3 is 5.69 Å². The maximum absolute atomic E-state index is 11.6. The fraction of sp³-hybridized carbons (Fsp3) is 0.133. The highest BCUT2D eigenvalue weighted by Gasteiger charge is 2.18. The van der Waals surface area contributed by atoms with Crippen LogP contribution in [0.2, 0.25) is 0 Å². The molecule has 2 rings (SSSR count). The number of nitro groups is 1. The van der Waals surface area contributed by atoms with Gasteiger partial charge in [-0.05, 0) is 43.7 Å². The number of carbonyl (C=O) groups excluding carboxylic acids is 1. The molecular weight excluding hydrogens is 338 g/mol. The molecule has 0 fully saturated rings. The van der Waals surface area contributed by atoms with Crippen LogP contribution >= 0.6 is 15.9 Å². The number of halogens is 1. The van der Waals surface area contributed by atoms with Gasteiger partial charge in [-0.2, -0.15) is 0 Å². The van der Waals surface area contributed by atoms with Gasteiger partial charge in [0.1, 0.15) is 5.75 Å². The van der Waals surface area contributed by atoms with Crippen molar-refractivity contribution in [1.29, 1.82) is 0 Å². The first-order valence-electron chi connectivity index (χ1n) is 6.12. The average Bonchev–Trinajstić information content (AvgIpc) is 2.42. The summed E-state index contributed by atoms with van der Waals surface area (Å²) < 4.78 is 6.32. The third kappa shape index (κ3) is 3.46. The monoisotopic (exact) mass is 349 g/mol. The molecule has 0 aromatic heterocycles. The highest BCUT2D eigenvalue weighted by Crippen LogP contribution is 2.34. The molecule has 0 radical (unpaired) electrons. The second kappa shape index (κ2) is 6.05. The smallest absolute Gasteiger partial charge is 0.311 e. The Morgan fingerprint density at radius 2 is 1.86 bits per heavy atom. The van der Waals surface area contributed by atoms with Crippen molar-refractivity contribution >= 4 is 27.4 Å². The largest absolute Gasteiger partial charge is 0.449 e. The number of Topliss-reactive ketones (excluding diaryl/α,β-unsaturated/α-hetero) is 1. The summed E-state index contributed by atoms with van der Waals surface area (Å²) in [4.78, 5) is 22.2. The fourth-order valence-electron chi connectivity index (χ4n) is 1.84. The van der Waals surface area contributed by atoms with E-state index in [1.165, 1.54) is 19.1 Å². The van der Waals surface area contributed by atoms with Crippen molar-refractivity contribution in [3.63, 3.8) is 0 Å². The summed E-state index contributed by atoms with van der Waals surface area (Å²) in [6, 6.07) is 9.61. The topological polar surface area (TPSA) is 69.4 Å². The lowest BCUT2D eigenvalue weighted by Crippen LogP contribution is -1.99. The second-order valence-electron chi connectivity index (χ2n) is 4.53. The number of benzene rings is 2. The highest BCUT2D eigenvalue weighted by atomic mass is 79.9. The number of hydrogen-bond donors (Lipinski definition) is 0. The van der Waals surface area contributed by atoms with Crippen molar-refractivity contribution in [3.05, 3.63) is 62.1 Å². The van der Waals surface area contributed by atoms with Crippen LogP contribution in [0.15, 0.2) is 40.9 Å². The Labute approximate surface area is 129 Å². The van der Waals surface area contributed by atoms with Gasteiger partial charge in [-0.25, -0.2) is 0 Å². The molecule has 2 aromatic rings. The van der Waals surface area contributed by atoms with Gasteiger partial charge in [0.05, 0.1) is 10.5 Å². The van der Waals surface area contributed by atoms with Crippen LogP contribution in [0, 0.1) is 17.0 Å². The van der Waals surface area contributed by atoms with Crippen molar-refractivity contribution in [1.82, 2.24) is 0 Å². The lowest BCUT2D eigenvalue weighted by atomic mass is 10.1. The molecule has 0 atom stereocenters. The summed E-state index contributed by atoms with van der Waals surface area (Å²) in [6.07, 6.45) is 0. The SMILES string of the molecule is CC(=O)c1cc(Br)ccc1Oc1ccc(C)cc1[N+](=O)[O-]. The Bertz CT molecular complexity index is 666. The summed E-state index contributed by atoms with van der Waals surface area (Å²) in [7, 11) is 0. The van der Waals surface area contributed by atoms with E-state index in [1.54, 1.807) is 31.2 Å². The first-order valence-corrected chi connectivity index (χ1v) is 6.91. The molecule has 2 aromatic carbocycles. The zero-order valence-electron chi connectivity index (χ0n) is 11.4. The summed E-state index contributed by atoms with van der Waals surface area (Å²) >= 11 is 3.28. The van der Waals surface area contributed by atoms with E-state index in [2.05, 4.69) is 15.9 Å². The minimum Gasteiger partial charge on any atom is -0.449 e. The normalized spacial score (nSPS) is 10.2. The first kappa shape index (κ1) is 15.2. The van der Waals surface area contributed by atoms with Crippen LogP contribution in [0.25, 0.3) is 0 Å². The van der Waals surface area contributed by atoms with Crippen LogP contribution in [0.5, 0.6) is 11.5 Å². The van der Waals surface area contributed by atoms with Crippen molar-refractivity contribution in [3.8, 4) is 11.5 Å². The van der Waals surface area contributed by atoms with Gasteiger partial charge in [0.25, 0.3) is 0 Å². The second-order valence-corrected chi connectivity index (χ2v) is 5.44. The molecule has 0 bridgehead atoms. The van der Waals surface area contributed by atoms with E-state index < -0.39 is 4.92 Å². The predicted octanol–water partition coefficient (Wildman–Crippen LogP) is 4.66. The Morgan fingerprint density at radius 3 is 2.48 bits per heavy atom. The fourth-order valence-corrected chi connectivity index (χ4v) is 2.20. The van der Waals surface area contributed by atoms with Crippen molar-refractivity contribution in [2.45, 2.75) is 13.8 Å². The molecule has 0 heterocycles. The van der Waals surface area contributed by atoms with E-state index in [1.807, 2.05) is 0 Å². The Kier molecular flexibility index (Phi) is 4.37. The molecule has 0 unspecified atom stereocenters. The van der Waals surface area contributed by atoms with Gasteiger partial charge in [0, 0.05) is 10.5 Å². The maximum Gasteiger partial charge on any atom is 0.311 e. The van der Waals surface area contributed by atoms with Crippen LogP contribution in [-0.2, 0) is 0 Å². The molecule has 108 valence electrons. The molecule has 0 aliphatic rings. The number of carbonyl (C=O) groups is 1. The number of nitro benzene ring substituents is 1. The number of nitrogens with zero attached hydrogens (tertiary/aromatic N) is 1. The molecule has 0 spiro atoms. The van der Waals surface area contributed by atoms with Gasteiger partial charge < -0.3 is 4.74 Å². The van der Waals surface area contributed by atoms with Gasteiger partial charge in [0.15, 0.2) is 5.78 Å². The highest BCUT2D eigenvalue weighted by molar-refractivity contribution is 9.10. The van der Waals surface area contributed by atoms with Gasteiger partial charge in [0.2, 0.25) is 5.75 Å². The van der Waals surface area contributed by atoms with E-state index in [9.17, 15) is 14.9 Å². The third-order valence-electron chi connectivity index (χ3n) is 2.85. The van der Waals surface area contributed by atoms with Crippen molar-refractivity contribution in [2.24, 2.45) is 0 Å². The zero-order valence-corrected chi connectivity index (χ0v) is 13.0. The Morgan fingerprint density at radius 1 is 1.19 bits per heavy atom. The average molecular weight is 350 g/mol. The molecule has 0 amide bonds. The minimum atomic E-state index is -0.505. The molecule has 0 saturated carbocycles. The molecule has 0 N–H and O–H groups in total. The first-order chi connectivity index (χ1) is 9.88. The minimum absolute atomic E-state index is 0.107. The van der Waals surface area contributed by atoms with E-state index >= 15 is 0 Å². The molecule has 6 heteroatoms. The zero-order chi connectivity index (χ0) is 15.6. The van der Waals surface area contributed by atoms with E-state index in [-0.39, 0.29) is 23.0 Å². The lowest BCUT2D eigenvalue weighted by molar-refractivity contribution is -0.385. The van der Waals surface area contributed by atoms with Gasteiger partial charge in [-0.15, -0.1) is 0 Å². The lowest BCUT2D eigenvalue weighted by Gasteiger charge is -2.10. The van der Waals surface area contributed by atoms with Gasteiger partial charge in [-0.3, -0.25) is 14.9 Å². The van der Waals surface area contributed by atoms with Crippen LogP contribution in [0.3, 0.4) is 0 Å². The summed E-state index contributed by atoms with van der Waals surface area (Å²) in [5.74, 6) is 0.217. The van der Waals surface area contributed by atoms with Crippen LogP contribution in [0.1, 0.15) is 22.8 Å². The molecule has 0 saturated heterocycles. The van der Waals surface area contributed by atoms with Crippen LogP contribution in [0.4, 0.5) is 5.69 Å². The quantitative estimate of drug-likeness (QED) is 0.457. The Hall–Kier alpha value is -2.21. The molecule has 0 aliphatic carbocycles. The maximum atomic E-state index is 11.6. The number of ether oxygens (including phenoxy) is 1. The standard InChI is InChI=1S/C15H12BrNO4/c1-9-3-5-15(13(7-9)17(19)20)21-14-6-4-11(16)8-12(14)10(2)18/h3-8H,1-2H3. The number of ketones is 1. The predicted molar refractivity (Wildman–Crippen MR) is 82.1 cm³/mol. The van der Waals surface area contributed by atoms with Crippen LogP contribution < -0.4 is 4.74 Å².